The zero-order chi connectivity index (χ0) is 22.0. The number of amides is 2. The number of thioether (sulfide) groups is 1. The molecule has 1 heterocycles. The van der Waals surface area contributed by atoms with Crippen LogP contribution in [0.25, 0.3) is 0 Å². The fourth-order valence-electron chi connectivity index (χ4n) is 3.97. The summed E-state index contributed by atoms with van der Waals surface area (Å²) in [6.07, 6.45) is 2.44. The second-order valence-electron chi connectivity index (χ2n) is 7.76. The van der Waals surface area contributed by atoms with Crippen molar-refractivity contribution in [2.45, 2.75) is 30.3 Å². The van der Waals surface area contributed by atoms with Crippen LogP contribution in [0.2, 0.25) is 5.02 Å². The average Bonchev–Trinajstić information content (AvgIpc) is 2.79. The van der Waals surface area contributed by atoms with Crippen LogP contribution in [0, 0.1) is 0 Å². The fraction of sp³-hybridized carbons (Fsp3) is 0.200. The number of benzene rings is 3. The van der Waals surface area contributed by atoms with E-state index >= 15 is 0 Å². The molecule has 0 aliphatic carbocycles. The van der Waals surface area contributed by atoms with Gasteiger partial charge < -0.3 is 5.32 Å². The summed E-state index contributed by atoms with van der Waals surface area (Å²) in [6, 6.07) is 22.6. The highest BCUT2D eigenvalue weighted by Gasteiger charge is 2.47. The van der Waals surface area contributed by atoms with Crippen molar-refractivity contribution in [3.63, 3.8) is 0 Å². The molecule has 4 rings (SSSR count). The van der Waals surface area contributed by atoms with Gasteiger partial charge in [-0.25, -0.2) is 0 Å². The molecule has 31 heavy (non-hydrogen) atoms. The van der Waals surface area contributed by atoms with E-state index in [1.807, 2.05) is 73.8 Å². The quantitative estimate of drug-likeness (QED) is 0.534. The van der Waals surface area contributed by atoms with Crippen LogP contribution in [0.15, 0.2) is 77.7 Å². The van der Waals surface area contributed by atoms with Crippen molar-refractivity contribution >= 4 is 40.9 Å². The maximum Gasteiger partial charge on any atom is 0.259 e. The zero-order valence-corrected chi connectivity index (χ0v) is 19.0. The lowest BCUT2D eigenvalue weighted by molar-refractivity contribution is -0.126. The van der Waals surface area contributed by atoms with Crippen molar-refractivity contribution < 1.29 is 9.59 Å². The fourth-order valence-corrected chi connectivity index (χ4v) is 4.50. The van der Waals surface area contributed by atoms with Crippen molar-refractivity contribution in [3.05, 3.63) is 94.5 Å². The van der Waals surface area contributed by atoms with Crippen LogP contribution in [-0.4, -0.2) is 23.6 Å². The van der Waals surface area contributed by atoms with Crippen molar-refractivity contribution in [1.29, 1.82) is 0 Å². The van der Waals surface area contributed by atoms with E-state index in [2.05, 4.69) is 5.32 Å². The van der Waals surface area contributed by atoms with Gasteiger partial charge >= 0.3 is 0 Å². The number of hydrogen-bond donors (Lipinski definition) is 1. The highest BCUT2D eigenvalue weighted by atomic mass is 35.5. The molecular formula is C25H23ClN2O2S. The van der Waals surface area contributed by atoms with Crippen LogP contribution < -0.4 is 10.2 Å². The molecule has 1 aliphatic rings. The van der Waals surface area contributed by atoms with Crippen molar-refractivity contribution in [1.82, 2.24) is 5.32 Å². The number of carbonyl (C=O) groups is 2. The van der Waals surface area contributed by atoms with Gasteiger partial charge in [-0.1, -0.05) is 41.9 Å². The van der Waals surface area contributed by atoms with Gasteiger partial charge in [-0.15, -0.1) is 11.8 Å². The SMILES string of the molecule is CSc1ccc(N2C(=O)c3ccccc3C[C@@]2(C)C(=O)NCc2ccc(Cl)cc2)cc1. The molecule has 0 bridgehead atoms. The Morgan fingerprint density at radius 2 is 1.74 bits per heavy atom. The Morgan fingerprint density at radius 3 is 2.42 bits per heavy atom. The smallest absolute Gasteiger partial charge is 0.259 e. The standard InChI is InChI=1S/C25H23ClN2O2S/c1-25(24(30)27-16-17-7-9-19(26)10-8-17)15-18-5-3-4-6-22(18)23(29)28(25)20-11-13-21(31-2)14-12-20/h3-14H,15-16H2,1-2H3,(H,27,30)/t25-/m0/s1. The van der Waals surface area contributed by atoms with E-state index in [1.54, 1.807) is 28.8 Å². The van der Waals surface area contributed by atoms with Gasteiger partial charge in [0.1, 0.15) is 5.54 Å². The monoisotopic (exact) mass is 450 g/mol. The average molecular weight is 451 g/mol. The Balaban J connectivity index is 1.69. The normalized spacial score (nSPS) is 17.9. The number of anilines is 1. The first-order valence-electron chi connectivity index (χ1n) is 10.0. The summed E-state index contributed by atoms with van der Waals surface area (Å²) >= 11 is 7.59. The number of nitrogens with zero attached hydrogens (tertiary/aromatic N) is 1. The molecule has 0 radical (unpaired) electrons. The summed E-state index contributed by atoms with van der Waals surface area (Å²) in [6.45, 7) is 2.20. The van der Waals surface area contributed by atoms with Crippen LogP contribution in [-0.2, 0) is 17.8 Å². The first-order chi connectivity index (χ1) is 14.9. The highest BCUT2D eigenvalue weighted by molar-refractivity contribution is 7.98. The van der Waals surface area contributed by atoms with E-state index in [-0.39, 0.29) is 11.8 Å². The minimum absolute atomic E-state index is 0.164. The molecule has 4 nitrogen and oxygen atoms in total. The summed E-state index contributed by atoms with van der Waals surface area (Å²) in [5.41, 5.74) is 2.12. The minimum Gasteiger partial charge on any atom is -0.350 e. The summed E-state index contributed by atoms with van der Waals surface area (Å²) < 4.78 is 0. The van der Waals surface area contributed by atoms with Gasteiger partial charge in [0, 0.05) is 34.1 Å². The van der Waals surface area contributed by atoms with Crippen LogP contribution in [0.1, 0.15) is 28.4 Å². The molecule has 1 N–H and O–H groups in total. The molecule has 3 aromatic carbocycles. The van der Waals surface area contributed by atoms with Crippen molar-refractivity contribution in [3.8, 4) is 0 Å². The minimum atomic E-state index is -1.06. The van der Waals surface area contributed by atoms with E-state index in [9.17, 15) is 9.59 Å². The summed E-state index contributed by atoms with van der Waals surface area (Å²) in [7, 11) is 0. The van der Waals surface area contributed by atoms with E-state index in [4.69, 9.17) is 11.6 Å². The molecule has 0 saturated carbocycles. The van der Waals surface area contributed by atoms with Crippen LogP contribution in [0.5, 0.6) is 0 Å². The summed E-state index contributed by atoms with van der Waals surface area (Å²) in [5.74, 6) is -0.359. The maximum atomic E-state index is 13.5. The maximum absolute atomic E-state index is 13.5. The molecule has 3 aromatic rings. The van der Waals surface area contributed by atoms with E-state index in [1.165, 1.54) is 0 Å². The van der Waals surface area contributed by atoms with Gasteiger partial charge in [0.25, 0.3) is 5.91 Å². The lowest BCUT2D eigenvalue weighted by Crippen LogP contribution is -2.63. The third kappa shape index (κ3) is 4.21. The summed E-state index contributed by atoms with van der Waals surface area (Å²) in [4.78, 5) is 29.8. The Morgan fingerprint density at radius 1 is 1.06 bits per heavy atom. The Kier molecular flexibility index (Phi) is 6.08. The molecule has 0 aromatic heterocycles. The largest absolute Gasteiger partial charge is 0.350 e. The van der Waals surface area contributed by atoms with Gasteiger partial charge in [-0.05, 0) is 66.8 Å². The van der Waals surface area contributed by atoms with Crippen LogP contribution in [0.4, 0.5) is 5.69 Å². The number of fused-ring (bicyclic) bond motifs is 1. The molecule has 0 spiro atoms. The van der Waals surface area contributed by atoms with Gasteiger partial charge in [0.15, 0.2) is 0 Å². The first kappa shape index (κ1) is 21.5. The van der Waals surface area contributed by atoms with Crippen LogP contribution in [0.3, 0.4) is 0 Å². The number of hydrogen-bond acceptors (Lipinski definition) is 3. The van der Waals surface area contributed by atoms with E-state index in [0.29, 0.717) is 29.2 Å². The van der Waals surface area contributed by atoms with Gasteiger partial charge in [0.2, 0.25) is 5.91 Å². The number of halogens is 1. The second-order valence-corrected chi connectivity index (χ2v) is 9.07. The second kappa shape index (κ2) is 8.77. The Hall–Kier alpha value is -2.76. The molecule has 6 heteroatoms. The zero-order valence-electron chi connectivity index (χ0n) is 17.4. The molecule has 0 unspecified atom stereocenters. The molecule has 2 amide bonds. The van der Waals surface area contributed by atoms with E-state index in [0.717, 1.165) is 16.0 Å². The molecule has 1 atom stereocenters. The molecular weight excluding hydrogens is 428 g/mol. The van der Waals surface area contributed by atoms with Gasteiger partial charge in [-0.3, -0.25) is 14.5 Å². The predicted molar refractivity (Wildman–Crippen MR) is 127 cm³/mol. The Labute approximate surface area is 191 Å². The number of nitrogens with one attached hydrogen (secondary N) is 1. The lowest BCUT2D eigenvalue weighted by atomic mass is 9.82. The Bertz CT molecular complexity index is 1120. The number of rotatable bonds is 5. The molecule has 0 fully saturated rings. The van der Waals surface area contributed by atoms with Gasteiger partial charge in [-0.2, -0.15) is 0 Å². The molecule has 1 aliphatic heterocycles. The van der Waals surface area contributed by atoms with Crippen LogP contribution >= 0.6 is 23.4 Å². The highest BCUT2D eigenvalue weighted by Crippen LogP contribution is 2.36. The van der Waals surface area contributed by atoms with Crippen molar-refractivity contribution in [2.24, 2.45) is 0 Å². The summed E-state index contributed by atoms with van der Waals surface area (Å²) in [5, 5.41) is 3.67. The first-order valence-corrected chi connectivity index (χ1v) is 11.6. The van der Waals surface area contributed by atoms with E-state index < -0.39 is 5.54 Å². The molecule has 0 saturated heterocycles. The third-order valence-corrected chi connectivity index (χ3v) is 6.66. The third-order valence-electron chi connectivity index (χ3n) is 5.67. The predicted octanol–water partition coefficient (Wildman–Crippen LogP) is 5.34. The van der Waals surface area contributed by atoms with Gasteiger partial charge in [0.05, 0.1) is 0 Å². The molecule has 158 valence electrons. The topological polar surface area (TPSA) is 49.4 Å². The number of carbonyl (C=O) groups excluding carboxylic acids is 2. The van der Waals surface area contributed by atoms with Crippen molar-refractivity contribution in [2.75, 3.05) is 11.2 Å². The lowest BCUT2D eigenvalue weighted by Gasteiger charge is -2.44.